The summed E-state index contributed by atoms with van der Waals surface area (Å²) >= 11 is 0. The zero-order valence-electron chi connectivity index (χ0n) is 5.22. The van der Waals surface area contributed by atoms with E-state index in [1.54, 1.807) is 5.48 Å². The number of hydrogen-bond acceptors (Lipinski definition) is 4. The van der Waals surface area contributed by atoms with E-state index in [1.807, 2.05) is 0 Å². The zero-order chi connectivity index (χ0) is 8.48. The largest absolute Gasteiger partial charge is 0.388 e. The van der Waals surface area contributed by atoms with E-state index < -0.39 is 21.3 Å². The highest BCUT2D eigenvalue weighted by Crippen LogP contribution is 2.04. The minimum atomic E-state index is -4.35. The van der Waals surface area contributed by atoms with Gasteiger partial charge in [0.05, 0.1) is 0 Å². The molecule has 0 bridgehead atoms. The predicted octanol–water partition coefficient (Wildman–Crippen LogP) is -1.18. The average Bonchev–Trinajstić information content (AvgIpc) is 1.86. The van der Waals surface area contributed by atoms with Crippen LogP contribution in [0.3, 0.4) is 0 Å². The van der Waals surface area contributed by atoms with E-state index in [2.05, 4.69) is 4.84 Å². The lowest BCUT2D eigenvalue weighted by atomic mass is 10.4. The Hall–Kier alpha value is -1.08. The van der Waals surface area contributed by atoms with Gasteiger partial charge in [-0.1, -0.05) is 0 Å². The van der Waals surface area contributed by atoms with Crippen LogP contribution in [-0.4, -0.2) is 24.1 Å². The summed E-state index contributed by atoms with van der Waals surface area (Å²) in [6.45, 7) is 0. The molecule has 11 heavy (non-hydrogen) atoms. The smallest absolute Gasteiger partial charge is 0.280 e. The Bertz CT molecular complexity index is 292. The summed E-state index contributed by atoms with van der Waals surface area (Å²) in [7, 11) is -4.35. The number of amides is 1. The fourth-order valence-electron chi connectivity index (χ4n) is 0.583. The Labute approximate surface area is 62.5 Å². The summed E-state index contributed by atoms with van der Waals surface area (Å²) < 4.78 is 29.2. The van der Waals surface area contributed by atoms with Crippen molar-refractivity contribution in [3.05, 3.63) is 12.3 Å². The molecule has 7 heteroatoms. The van der Waals surface area contributed by atoms with Crippen molar-refractivity contribution in [3.8, 4) is 0 Å². The quantitative estimate of drug-likeness (QED) is 0.494. The van der Waals surface area contributed by atoms with Gasteiger partial charge in [0.15, 0.2) is 5.25 Å². The highest BCUT2D eigenvalue weighted by Gasteiger charge is 2.30. The van der Waals surface area contributed by atoms with Gasteiger partial charge in [0.2, 0.25) is 0 Å². The Kier molecular flexibility index (Phi) is 1.83. The Balaban J connectivity index is 2.96. The maximum Gasteiger partial charge on any atom is 0.280 e. The third-order valence-electron chi connectivity index (χ3n) is 1.06. The molecule has 0 saturated heterocycles. The van der Waals surface area contributed by atoms with Gasteiger partial charge in [-0.25, -0.2) is 0 Å². The van der Waals surface area contributed by atoms with E-state index in [0.717, 1.165) is 12.3 Å². The first-order chi connectivity index (χ1) is 5.02. The highest BCUT2D eigenvalue weighted by atomic mass is 32.2. The molecule has 1 atom stereocenters. The lowest BCUT2D eigenvalue weighted by Gasteiger charge is -2.12. The molecular weight excluding hydrogens is 174 g/mol. The Morgan fingerprint density at radius 1 is 1.64 bits per heavy atom. The molecular formula is C4H5NO5S. The third kappa shape index (κ3) is 1.69. The van der Waals surface area contributed by atoms with Gasteiger partial charge in [-0.2, -0.15) is 13.9 Å². The molecule has 0 aromatic heterocycles. The van der Waals surface area contributed by atoms with Crippen molar-refractivity contribution in [3.63, 3.8) is 0 Å². The van der Waals surface area contributed by atoms with Crippen LogP contribution in [0.2, 0.25) is 0 Å². The highest BCUT2D eigenvalue weighted by molar-refractivity contribution is 7.87. The predicted molar refractivity (Wildman–Crippen MR) is 33.7 cm³/mol. The third-order valence-corrected chi connectivity index (χ3v) is 2.07. The first kappa shape index (κ1) is 8.02. The molecule has 1 aliphatic rings. The summed E-state index contributed by atoms with van der Waals surface area (Å²) in [5.41, 5.74) is 1.77. The number of carbonyl (C=O) groups excluding carboxylic acids is 1. The minimum Gasteiger partial charge on any atom is -0.388 e. The SMILES string of the molecule is O=C1NOC=CC1S(=O)(=O)O. The summed E-state index contributed by atoms with van der Waals surface area (Å²) in [5, 5.41) is -1.56. The van der Waals surface area contributed by atoms with Crippen LogP contribution in [0.5, 0.6) is 0 Å². The maximum atomic E-state index is 10.6. The van der Waals surface area contributed by atoms with Crippen LogP contribution >= 0.6 is 0 Å². The number of hydrogen-bond donors (Lipinski definition) is 2. The fourth-order valence-corrected chi connectivity index (χ4v) is 1.16. The summed E-state index contributed by atoms with van der Waals surface area (Å²) in [6, 6.07) is 0. The Morgan fingerprint density at radius 3 is 2.64 bits per heavy atom. The molecule has 1 amide bonds. The van der Waals surface area contributed by atoms with Crippen LogP contribution in [0.15, 0.2) is 12.3 Å². The summed E-state index contributed by atoms with van der Waals surface area (Å²) in [5.74, 6) is -0.907. The molecule has 62 valence electrons. The molecule has 0 aromatic rings. The Morgan fingerprint density at radius 2 is 2.27 bits per heavy atom. The van der Waals surface area contributed by atoms with Gasteiger partial charge in [-0.15, -0.1) is 0 Å². The van der Waals surface area contributed by atoms with E-state index in [0.29, 0.717) is 0 Å². The average molecular weight is 179 g/mol. The topological polar surface area (TPSA) is 92.7 Å². The van der Waals surface area contributed by atoms with Crippen molar-refractivity contribution in [2.24, 2.45) is 0 Å². The monoisotopic (exact) mass is 179 g/mol. The molecule has 1 rings (SSSR count). The molecule has 2 N–H and O–H groups in total. The van der Waals surface area contributed by atoms with E-state index in [1.165, 1.54) is 0 Å². The van der Waals surface area contributed by atoms with Crippen LogP contribution in [0.25, 0.3) is 0 Å². The van der Waals surface area contributed by atoms with Gasteiger partial charge in [-0.05, 0) is 6.08 Å². The molecule has 0 aromatic carbocycles. The van der Waals surface area contributed by atoms with E-state index >= 15 is 0 Å². The van der Waals surface area contributed by atoms with Crippen LogP contribution < -0.4 is 5.48 Å². The van der Waals surface area contributed by atoms with Crippen LogP contribution in [0, 0.1) is 0 Å². The normalized spacial score (nSPS) is 24.1. The summed E-state index contributed by atoms with van der Waals surface area (Å²) in [4.78, 5) is 14.9. The molecule has 1 unspecified atom stereocenters. The molecule has 1 aliphatic heterocycles. The zero-order valence-corrected chi connectivity index (χ0v) is 6.04. The van der Waals surface area contributed by atoms with E-state index in [-0.39, 0.29) is 0 Å². The van der Waals surface area contributed by atoms with Crippen LogP contribution in [0.4, 0.5) is 0 Å². The molecule has 0 saturated carbocycles. The first-order valence-corrected chi connectivity index (χ1v) is 4.10. The molecule has 1 heterocycles. The van der Waals surface area contributed by atoms with Gasteiger partial charge < -0.3 is 4.84 Å². The van der Waals surface area contributed by atoms with Crippen molar-refractivity contribution in [1.29, 1.82) is 0 Å². The number of nitrogens with one attached hydrogen (secondary N) is 1. The molecule has 0 spiro atoms. The minimum absolute atomic E-state index is 0.907. The molecule has 6 nitrogen and oxygen atoms in total. The lowest BCUT2D eigenvalue weighted by molar-refractivity contribution is -0.129. The summed E-state index contributed by atoms with van der Waals surface area (Å²) in [6.07, 6.45) is 1.91. The van der Waals surface area contributed by atoms with Gasteiger partial charge in [-0.3, -0.25) is 9.35 Å². The number of carbonyl (C=O) groups is 1. The van der Waals surface area contributed by atoms with Gasteiger partial charge >= 0.3 is 0 Å². The molecule has 0 radical (unpaired) electrons. The standard InChI is InChI=1S/C4H5NO5S/c6-4-3(11(7,8)9)1-2-10-5-4/h1-3H,(H,5,6)(H,7,8,9). The second-order valence-corrected chi connectivity index (χ2v) is 3.39. The van der Waals surface area contributed by atoms with Gasteiger partial charge in [0.25, 0.3) is 16.0 Å². The fraction of sp³-hybridized carbons (Fsp3) is 0.250. The second-order valence-electron chi connectivity index (χ2n) is 1.85. The van der Waals surface area contributed by atoms with Crippen molar-refractivity contribution in [2.75, 3.05) is 0 Å². The van der Waals surface area contributed by atoms with Crippen LogP contribution in [0.1, 0.15) is 0 Å². The van der Waals surface area contributed by atoms with Crippen molar-refractivity contribution in [2.45, 2.75) is 5.25 Å². The second kappa shape index (κ2) is 2.51. The van der Waals surface area contributed by atoms with E-state index in [9.17, 15) is 13.2 Å². The molecule has 0 aliphatic carbocycles. The number of hydroxylamine groups is 1. The van der Waals surface area contributed by atoms with Gasteiger partial charge in [0.1, 0.15) is 6.26 Å². The van der Waals surface area contributed by atoms with Crippen molar-refractivity contribution < 1.29 is 22.6 Å². The van der Waals surface area contributed by atoms with Gasteiger partial charge in [0, 0.05) is 0 Å². The lowest BCUT2D eigenvalue weighted by Crippen LogP contribution is -2.40. The molecule has 0 fully saturated rings. The van der Waals surface area contributed by atoms with Crippen molar-refractivity contribution >= 4 is 16.0 Å². The maximum absolute atomic E-state index is 10.6. The first-order valence-electron chi connectivity index (χ1n) is 2.60. The number of rotatable bonds is 1. The van der Waals surface area contributed by atoms with Crippen molar-refractivity contribution in [1.82, 2.24) is 5.48 Å². The van der Waals surface area contributed by atoms with E-state index in [4.69, 9.17) is 4.55 Å². The van der Waals surface area contributed by atoms with Crippen LogP contribution in [-0.2, 0) is 19.8 Å².